The summed E-state index contributed by atoms with van der Waals surface area (Å²) in [5.74, 6) is -0.238. The summed E-state index contributed by atoms with van der Waals surface area (Å²) >= 11 is 0. The Hall–Kier alpha value is -1.88. The zero-order chi connectivity index (χ0) is 16.8. The third kappa shape index (κ3) is 5.06. The number of hydrogen-bond acceptors (Lipinski definition) is 3. The normalized spacial score (nSPS) is 17.7. The Bertz CT molecular complexity index is 534. The van der Waals surface area contributed by atoms with Gasteiger partial charge in [0.15, 0.2) is 0 Å². The average Bonchev–Trinajstić information content (AvgIpc) is 2.55. The number of carbonyl (C=O) groups excluding carboxylic acids is 2. The molecule has 0 aliphatic carbocycles. The molecule has 3 N–H and O–H groups in total. The number of nitrogens with two attached hydrogens (primary N) is 1. The lowest BCUT2D eigenvalue weighted by atomic mass is 9.96. The molecule has 0 radical (unpaired) electrons. The van der Waals surface area contributed by atoms with E-state index < -0.39 is 0 Å². The van der Waals surface area contributed by atoms with E-state index in [1.54, 1.807) is 0 Å². The Balaban J connectivity index is 1.79. The van der Waals surface area contributed by atoms with Gasteiger partial charge in [-0.3, -0.25) is 14.5 Å². The van der Waals surface area contributed by atoms with Crippen LogP contribution in [0.4, 0.5) is 0 Å². The van der Waals surface area contributed by atoms with Gasteiger partial charge in [0, 0.05) is 5.92 Å². The smallest absolute Gasteiger partial charge is 0.234 e. The van der Waals surface area contributed by atoms with Crippen LogP contribution >= 0.6 is 0 Å². The van der Waals surface area contributed by atoms with E-state index >= 15 is 0 Å². The summed E-state index contributed by atoms with van der Waals surface area (Å²) in [6.45, 7) is 6.00. The quantitative estimate of drug-likeness (QED) is 0.837. The van der Waals surface area contributed by atoms with Crippen LogP contribution in [0.2, 0.25) is 0 Å². The topological polar surface area (TPSA) is 75.4 Å². The second kappa shape index (κ2) is 8.11. The molecule has 126 valence electrons. The first-order valence-electron chi connectivity index (χ1n) is 8.39. The van der Waals surface area contributed by atoms with Gasteiger partial charge in [-0.1, -0.05) is 31.2 Å². The minimum absolute atomic E-state index is 0.00318. The first-order valence-corrected chi connectivity index (χ1v) is 8.39. The van der Waals surface area contributed by atoms with Crippen molar-refractivity contribution >= 4 is 11.8 Å². The lowest BCUT2D eigenvalue weighted by molar-refractivity contribution is -0.124. The molecular formula is C18H27N3O2. The Morgan fingerprint density at radius 3 is 2.39 bits per heavy atom. The SMILES string of the molecule is CCc1ccc(C(C)NC(=O)CN2CCC(C(N)=O)CC2)cc1. The highest BCUT2D eigenvalue weighted by atomic mass is 16.2. The van der Waals surface area contributed by atoms with Gasteiger partial charge in [0.2, 0.25) is 11.8 Å². The number of primary amides is 1. The molecule has 0 spiro atoms. The number of amides is 2. The molecule has 1 aliphatic heterocycles. The summed E-state index contributed by atoms with van der Waals surface area (Å²) in [5.41, 5.74) is 7.74. The number of aryl methyl sites for hydroxylation is 1. The summed E-state index contributed by atoms with van der Waals surface area (Å²) < 4.78 is 0. The molecule has 1 unspecified atom stereocenters. The molecule has 0 bridgehead atoms. The van der Waals surface area contributed by atoms with Crippen LogP contribution in [0.25, 0.3) is 0 Å². The van der Waals surface area contributed by atoms with E-state index in [-0.39, 0.29) is 23.8 Å². The molecule has 1 aromatic rings. The van der Waals surface area contributed by atoms with Gasteiger partial charge in [0.1, 0.15) is 0 Å². The number of hydrogen-bond donors (Lipinski definition) is 2. The zero-order valence-corrected chi connectivity index (χ0v) is 14.0. The summed E-state index contributed by atoms with van der Waals surface area (Å²) in [5, 5.41) is 3.04. The number of rotatable bonds is 6. The van der Waals surface area contributed by atoms with Gasteiger partial charge >= 0.3 is 0 Å². The van der Waals surface area contributed by atoms with Crippen LogP contribution in [-0.2, 0) is 16.0 Å². The minimum Gasteiger partial charge on any atom is -0.369 e. The van der Waals surface area contributed by atoms with Crippen molar-refractivity contribution in [2.75, 3.05) is 19.6 Å². The first-order chi connectivity index (χ1) is 11.0. The first kappa shape index (κ1) is 17.5. The van der Waals surface area contributed by atoms with Crippen LogP contribution in [0.3, 0.4) is 0 Å². The van der Waals surface area contributed by atoms with Gasteiger partial charge in [-0.25, -0.2) is 0 Å². The molecule has 1 aliphatic rings. The van der Waals surface area contributed by atoms with Crippen molar-refractivity contribution in [2.24, 2.45) is 11.7 Å². The van der Waals surface area contributed by atoms with E-state index in [2.05, 4.69) is 41.4 Å². The second-order valence-corrected chi connectivity index (χ2v) is 6.34. The number of nitrogens with zero attached hydrogens (tertiary/aromatic N) is 1. The highest BCUT2D eigenvalue weighted by Gasteiger charge is 2.24. The van der Waals surface area contributed by atoms with E-state index in [9.17, 15) is 9.59 Å². The molecule has 1 heterocycles. The monoisotopic (exact) mass is 317 g/mol. The van der Waals surface area contributed by atoms with Crippen LogP contribution in [-0.4, -0.2) is 36.3 Å². The van der Waals surface area contributed by atoms with E-state index in [0.717, 1.165) is 37.9 Å². The van der Waals surface area contributed by atoms with Crippen molar-refractivity contribution in [1.29, 1.82) is 0 Å². The highest BCUT2D eigenvalue weighted by Crippen LogP contribution is 2.17. The highest BCUT2D eigenvalue weighted by molar-refractivity contribution is 5.79. The predicted molar refractivity (Wildman–Crippen MR) is 90.7 cm³/mol. The molecule has 2 rings (SSSR count). The van der Waals surface area contributed by atoms with Crippen molar-refractivity contribution in [2.45, 2.75) is 39.2 Å². The summed E-state index contributed by atoms with van der Waals surface area (Å²) in [4.78, 5) is 25.4. The van der Waals surface area contributed by atoms with Crippen molar-refractivity contribution in [3.05, 3.63) is 35.4 Å². The Labute approximate surface area is 138 Å². The summed E-state index contributed by atoms with van der Waals surface area (Å²) in [6.07, 6.45) is 2.51. The largest absolute Gasteiger partial charge is 0.369 e. The van der Waals surface area contributed by atoms with Gasteiger partial charge in [-0.15, -0.1) is 0 Å². The van der Waals surface area contributed by atoms with E-state index in [4.69, 9.17) is 5.73 Å². The van der Waals surface area contributed by atoms with Gasteiger partial charge in [0.05, 0.1) is 12.6 Å². The fourth-order valence-electron chi connectivity index (χ4n) is 2.99. The average molecular weight is 317 g/mol. The van der Waals surface area contributed by atoms with Gasteiger partial charge in [-0.05, 0) is 50.4 Å². The van der Waals surface area contributed by atoms with Crippen molar-refractivity contribution in [3.63, 3.8) is 0 Å². The molecule has 2 amide bonds. The van der Waals surface area contributed by atoms with Crippen LogP contribution in [0.5, 0.6) is 0 Å². The molecule has 1 saturated heterocycles. The van der Waals surface area contributed by atoms with E-state index in [1.807, 2.05) is 6.92 Å². The van der Waals surface area contributed by atoms with Crippen LogP contribution < -0.4 is 11.1 Å². The van der Waals surface area contributed by atoms with Crippen molar-refractivity contribution in [3.8, 4) is 0 Å². The van der Waals surface area contributed by atoms with Crippen molar-refractivity contribution in [1.82, 2.24) is 10.2 Å². The maximum absolute atomic E-state index is 12.2. The maximum Gasteiger partial charge on any atom is 0.234 e. The van der Waals surface area contributed by atoms with E-state index in [1.165, 1.54) is 5.56 Å². The Morgan fingerprint density at radius 2 is 1.87 bits per heavy atom. The summed E-state index contributed by atoms with van der Waals surface area (Å²) in [7, 11) is 0. The molecule has 23 heavy (non-hydrogen) atoms. The number of carbonyl (C=O) groups is 2. The molecule has 5 nitrogen and oxygen atoms in total. The lowest BCUT2D eigenvalue weighted by Crippen LogP contribution is -2.44. The Kier molecular flexibility index (Phi) is 6.16. The molecular weight excluding hydrogens is 290 g/mol. The second-order valence-electron chi connectivity index (χ2n) is 6.34. The number of likely N-dealkylation sites (tertiary alicyclic amines) is 1. The van der Waals surface area contributed by atoms with E-state index in [0.29, 0.717) is 6.54 Å². The lowest BCUT2D eigenvalue weighted by Gasteiger charge is -2.30. The fraction of sp³-hybridized carbons (Fsp3) is 0.556. The third-order valence-electron chi connectivity index (χ3n) is 4.62. The molecule has 0 saturated carbocycles. The predicted octanol–water partition coefficient (Wildman–Crippen LogP) is 1.62. The number of nitrogens with one attached hydrogen (secondary N) is 1. The molecule has 1 aromatic carbocycles. The molecule has 1 atom stereocenters. The standard InChI is InChI=1S/C18H27N3O2/c1-3-14-4-6-15(7-5-14)13(2)20-17(22)12-21-10-8-16(9-11-21)18(19)23/h4-7,13,16H,3,8-12H2,1-2H3,(H2,19,23)(H,20,22). The Morgan fingerprint density at radius 1 is 1.26 bits per heavy atom. The van der Waals surface area contributed by atoms with Gasteiger partial charge in [0.25, 0.3) is 0 Å². The minimum atomic E-state index is -0.224. The molecule has 5 heteroatoms. The van der Waals surface area contributed by atoms with Crippen LogP contribution in [0.1, 0.15) is 43.9 Å². The molecule has 1 fully saturated rings. The number of benzene rings is 1. The fourth-order valence-corrected chi connectivity index (χ4v) is 2.99. The summed E-state index contributed by atoms with van der Waals surface area (Å²) in [6, 6.07) is 8.35. The van der Waals surface area contributed by atoms with Crippen LogP contribution in [0, 0.1) is 5.92 Å². The van der Waals surface area contributed by atoms with Gasteiger partial charge in [-0.2, -0.15) is 0 Å². The van der Waals surface area contributed by atoms with Gasteiger partial charge < -0.3 is 11.1 Å². The van der Waals surface area contributed by atoms with Crippen LogP contribution in [0.15, 0.2) is 24.3 Å². The molecule has 0 aromatic heterocycles. The number of piperidine rings is 1. The maximum atomic E-state index is 12.2. The zero-order valence-electron chi connectivity index (χ0n) is 14.0. The third-order valence-corrected chi connectivity index (χ3v) is 4.62. The van der Waals surface area contributed by atoms with Crippen molar-refractivity contribution < 1.29 is 9.59 Å².